The highest BCUT2D eigenvalue weighted by Gasteiger charge is 2.32. The van der Waals surface area contributed by atoms with Crippen molar-refractivity contribution in [3.05, 3.63) is 11.8 Å². The van der Waals surface area contributed by atoms with E-state index in [2.05, 4.69) is 13.0 Å². The largest absolute Gasteiger partial charge is 0.402 e. The highest BCUT2D eigenvalue weighted by molar-refractivity contribution is 5.04. The molecule has 1 heteroatoms. The van der Waals surface area contributed by atoms with Crippen molar-refractivity contribution in [1.82, 2.24) is 0 Å². The summed E-state index contributed by atoms with van der Waals surface area (Å²) in [5, 5.41) is 0. The lowest BCUT2D eigenvalue weighted by atomic mass is 9.79. The minimum absolute atomic E-state index is 0.720. The molecule has 0 radical (unpaired) electrons. The summed E-state index contributed by atoms with van der Waals surface area (Å²) >= 11 is 0. The van der Waals surface area contributed by atoms with Crippen molar-refractivity contribution in [1.29, 1.82) is 0 Å². The lowest BCUT2D eigenvalue weighted by molar-refractivity contribution is 0.275. The van der Waals surface area contributed by atoms with Crippen LogP contribution in [0.25, 0.3) is 0 Å². The molecule has 13 heavy (non-hydrogen) atoms. The second-order valence-corrected chi connectivity index (χ2v) is 4.75. The average Bonchev–Trinajstić information content (AvgIpc) is 2.49. The fourth-order valence-electron chi connectivity index (χ4n) is 3.18. The van der Waals surface area contributed by atoms with Gasteiger partial charge in [-0.25, -0.2) is 0 Å². The second kappa shape index (κ2) is 3.73. The van der Waals surface area contributed by atoms with Gasteiger partial charge >= 0.3 is 0 Å². The Balaban J connectivity index is 2.11. The maximum atomic E-state index is 6.06. The number of rotatable bonds is 1. The molecule has 0 aromatic carbocycles. The van der Waals surface area contributed by atoms with Crippen LogP contribution in [0.15, 0.2) is 11.8 Å². The van der Waals surface area contributed by atoms with Gasteiger partial charge in [-0.2, -0.15) is 0 Å². The Hall–Kier alpha value is -0.460. The standard InChI is InChI=1S/C12H21N/c1-2-12(13)11-8-5-9-3-6-10(11)7-4-9/h2,9-11H,3-8,13H2,1H3/b12-2-. The highest BCUT2D eigenvalue weighted by atomic mass is 14.6. The first-order chi connectivity index (χ1) is 6.31. The van der Waals surface area contributed by atoms with Crippen molar-refractivity contribution in [2.45, 2.75) is 45.4 Å². The molecule has 74 valence electrons. The van der Waals surface area contributed by atoms with Gasteiger partial charge in [0.2, 0.25) is 0 Å². The summed E-state index contributed by atoms with van der Waals surface area (Å²) in [5.41, 5.74) is 7.22. The highest BCUT2D eigenvalue weighted by Crippen LogP contribution is 2.43. The van der Waals surface area contributed by atoms with Crippen molar-refractivity contribution in [2.75, 3.05) is 0 Å². The van der Waals surface area contributed by atoms with Gasteiger partial charge in [-0.1, -0.05) is 18.9 Å². The van der Waals surface area contributed by atoms with Crippen LogP contribution in [-0.2, 0) is 0 Å². The van der Waals surface area contributed by atoms with E-state index in [9.17, 15) is 0 Å². The van der Waals surface area contributed by atoms with Crippen LogP contribution in [0.4, 0.5) is 0 Å². The number of allylic oxidation sites excluding steroid dienone is 2. The molecule has 3 saturated carbocycles. The molecule has 0 heterocycles. The Kier molecular flexibility index (Phi) is 2.61. The lowest BCUT2D eigenvalue weighted by Crippen LogP contribution is -2.21. The Bertz CT molecular complexity index is 199. The fraction of sp³-hybridized carbons (Fsp3) is 0.833. The Morgan fingerprint density at radius 1 is 1.08 bits per heavy atom. The summed E-state index contributed by atoms with van der Waals surface area (Å²) in [6.07, 6.45) is 10.7. The zero-order valence-electron chi connectivity index (χ0n) is 8.63. The maximum absolute atomic E-state index is 6.06. The van der Waals surface area contributed by atoms with Crippen LogP contribution in [0.2, 0.25) is 0 Å². The second-order valence-electron chi connectivity index (χ2n) is 4.75. The first-order valence-corrected chi connectivity index (χ1v) is 5.73. The van der Waals surface area contributed by atoms with Gasteiger partial charge in [0.1, 0.15) is 0 Å². The normalized spacial score (nSPS) is 40.4. The van der Waals surface area contributed by atoms with E-state index in [-0.39, 0.29) is 0 Å². The average molecular weight is 179 g/mol. The van der Waals surface area contributed by atoms with Crippen molar-refractivity contribution in [2.24, 2.45) is 23.5 Å². The third kappa shape index (κ3) is 1.74. The summed E-state index contributed by atoms with van der Waals surface area (Å²) in [5.74, 6) is 2.67. The summed E-state index contributed by atoms with van der Waals surface area (Å²) in [6, 6.07) is 0. The Morgan fingerprint density at radius 3 is 2.31 bits per heavy atom. The zero-order valence-corrected chi connectivity index (χ0v) is 8.63. The van der Waals surface area contributed by atoms with Gasteiger partial charge in [0.15, 0.2) is 0 Å². The van der Waals surface area contributed by atoms with E-state index in [1.165, 1.54) is 38.5 Å². The molecule has 3 rings (SSSR count). The molecule has 1 nitrogen and oxygen atoms in total. The number of hydrogen-bond acceptors (Lipinski definition) is 1. The van der Waals surface area contributed by atoms with Crippen molar-refractivity contribution >= 4 is 0 Å². The molecule has 0 spiro atoms. The predicted octanol–water partition coefficient (Wildman–Crippen LogP) is 3.07. The quantitative estimate of drug-likeness (QED) is 0.657. The molecular formula is C12H21N. The van der Waals surface area contributed by atoms with Crippen LogP contribution >= 0.6 is 0 Å². The zero-order chi connectivity index (χ0) is 9.26. The van der Waals surface area contributed by atoms with Crippen LogP contribution in [0.3, 0.4) is 0 Å². The minimum atomic E-state index is 0.720. The Morgan fingerprint density at radius 2 is 1.69 bits per heavy atom. The minimum Gasteiger partial charge on any atom is -0.402 e. The number of hydrogen-bond donors (Lipinski definition) is 1. The molecule has 3 fully saturated rings. The van der Waals surface area contributed by atoms with Crippen LogP contribution in [0.5, 0.6) is 0 Å². The SMILES string of the molecule is C/C=C(\N)C1CCC2CCC1CC2. The fourth-order valence-corrected chi connectivity index (χ4v) is 3.18. The summed E-state index contributed by atoms with van der Waals surface area (Å²) < 4.78 is 0. The van der Waals surface area contributed by atoms with Gasteiger partial charge < -0.3 is 5.73 Å². The molecule has 3 aliphatic rings. The van der Waals surface area contributed by atoms with Crippen LogP contribution in [0, 0.1) is 17.8 Å². The molecular weight excluding hydrogens is 158 g/mol. The summed E-state index contributed by atoms with van der Waals surface area (Å²) in [7, 11) is 0. The van der Waals surface area contributed by atoms with Gasteiger partial charge in [0, 0.05) is 11.6 Å². The smallest absolute Gasteiger partial charge is 0.00714 e. The first-order valence-electron chi connectivity index (χ1n) is 5.73. The lowest BCUT2D eigenvalue weighted by Gasteiger charge is -2.27. The summed E-state index contributed by atoms with van der Waals surface area (Å²) in [4.78, 5) is 0. The molecule has 0 amide bonds. The molecule has 1 unspecified atom stereocenters. The van der Waals surface area contributed by atoms with E-state index >= 15 is 0 Å². The van der Waals surface area contributed by atoms with Gasteiger partial charge in [0.05, 0.1) is 0 Å². The topological polar surface area (TPSA) is 26.0 Å². The maximum Gasteiger partial charge on any atom is 0.00714 e. The first kappa shape index (κ1) is 9.11. The molecule has 1 atom stereocenters. The van der Waals surface area contributed by atoms with Crippen LogP contribution < -0.4 is 5.73 Å². The number of nitrogens with two attached hydrogens (primary N) is 1. The van der Waals surface area contributed by atoms with E-state index in [0.29, 0.717) is 0 Å². The van der Waals surface area contributed by atoms with Crippen molar-refractivity contribution in [3.63, 3.8) is 0 Å². The third-order valence-electron chi connectivity index (χ3n) is 4.11. The van der Waals surface area contributed by atoms with E-state index in [1.54, 1.807) is 0 Å². The van der Waals surface area contributed by atoms with Gasteiger partial charge in [-0.3, -0.25) is 0 Å². The van der Waals surface area contributed by atoms with Crippen LogP contribution in [0.1, 0.15) is 45.4 Å². The molecule has 0 saturated heterocycles. The summed E-state index contributed by atoms with van der Waals surface area (Å²) in [6.45, 7) is 2.08. The molecule has 2 bridgehead atoms. The van der Waals surface area contributed by atoms with E-state index < -0.39 is 0 Å². The Labute approximate surface area is 81.4 Å². The van der Waals surface area contributed by atoms with E-state index in [1.807, 2.05) is 0 Å². The molecule has 0 aromatic rings. The molecule has 0 aromatic heterocycles. The van der Waals surface area contributed by atoms with E-state index in [4.69, 9.17) is 5.73 Å². The molecule has 2 N–H and O–H groups in total. The van der Waals surface area contributed by atoms with Gasteiger partial charge in [0.25, 0.3) is 0 Å². The molecule has 3 aliphatic carbocycles. The number of fused-ring (bicyclic) bond motifs is 4. The van der Waals surface area contributed by atoms with E-state index in [0.717, 1.165) is 23.5 Å². The third-order valence-corrected chi connectivity index (χ3v) is 4.11. The van der Waals surface area contributed by atoms with Crippen molar-refractivity contribution < 1.29 is 0 Å². The van der Waals surface area contributed by atoms with Gasteiger partial charge in [-0.15, -0.1) is 0 Å². The predicted molar refractivity (Wildman–Crippen MR) is 56.1 cm³/mol. The molecule has 0 aliphatic heterocycles. The van der Waals surface area contributed by atoms with Crippen LogP contribution in [-0.4, -0.2) is 0 Å². The monoisotopic (exact) mass is 179 g/mol. The van der Waals surface area contributed by atoms with Gasteiger partial charge in [-0.05, 0) is 44.4 Å². The van der Waals surface area contributed by atoms with Crippen molar-refractivity contribution in [3.8, 4) is 0 Å².